The zero-order chi connectivity index (χ0) is 13.1. The van der Waals surface area contributed by atoms with Crippen LogP contribution in [0.5, 0.6) is 0 Å². The molecule has 0 radical (unpaired) electrons. The second-order valence-electron chi connectivity index (χ2n) is 4.63. The van der Waals surface area contributed by atoms with Gasteiger partial charge in [-0.3, -0.25) is 4.90 Å². The smallest absolute Gasteiger partial charge is 0.129 e. The fourth-order valence-electron chi connectivity index (χ4n) is 2.16. The van der Waals surface area contributed by atoms with Gasteiger partial charge in [-0.15, -0.1) is 0 Å². The van der Waals surface area contributed by atoms with Crippen molar-refractivity contribution in [2.24, 2.45) is 0 Å². The van der Waals surface area contributed by atoms with Gasteiger partial charge in [-0.25, -0.2) is 8.78 Å². The van der Waals surface area contributed by atoms with Crippen molar-refractivity contribution in [2.45, 2.75) is 18.6 Å². The second-order valence-corrected chi connectivity index (χ2v) is 5.78. The van der Waals surface area contributed by atoms with Crippen molar-refractivity contribution < 1.29 is 13.9 Å². The number of halogens is 2. The third kappa shape index (κ3) is 3.22. The van der Waals surface area contributed by atoms with E-state index in [1.165, 1.54) is 12.1 Å². The average Bonchev–Trinajstić information content (AvgIpc) is 2.33. The Morgan fingerprint density at radius 1 is 1.50 bits per heavy atom. The molecular formula is C13H17F2NOS. The molecule has 5 heteroatoms. The van der Waals surface area contributed by atoms with E-state index in [0.29, 0.717) is 5.56 Å². The first-order valence-corrected chi connectivity index (χ1v) is 7.13. The van der Waals surface area contributed by atoms with Crippen LogP contribution in [0.1, 0.15) is 5.56 Å². The van der Waals surface area contributed by atoms with Gasteiger partial charge in [-0.1, -0.05) is 6.07 Å². The monoisotopic (exact) mass is 273 g/mol. The van der Waals surface area contributed by atoms with Gasteiger partial charge in [0.15, 0.2) is 0 Å². The van der Waals surface area contributed by atoms with Gasteiger partial charge < -0.3 is 5.11 Å². The molecule has 1 N–H and O–H groups in total. The first kappa shape index (κ1) is 13.8. The number of nitrogens with zero attached hydrogens (tertiary/aromatic N) is 1. The van der Waals surface area contributed by atoms with Crippen LogP contribution in [0.3, 0.4) is 0 Å². The Kier molecular flexibility index (Phi) is 4.59. The van der Waals surface area contributed by atoms with Gasteiger partial charge in [0, 0.05) is 36.6 Å². The quantitative estimate of drug-likeness (QED) is 0.910. The summed E-state index contributed by atoms with van der Waals surface area (Å²) >= 11 is 1.80. The summed E-state index contributed by atoms with van der Waals surface area (Å²) in [5.74, 6) is 0.738. The van der Waals surface area contributed by atoms with Crippen LogP contribution in [-0.4, -0.2) is 47.3 Å². The van der Waals surface area contributed by atoms with E-state index in [9.17, 15) is 13.9 Å². The predicted octanol–water partition coefficient (Wildman–Crippen LogP) is 1.92. The largest absolute Gasteiger partial charge is 0.391 e. The lowest BCUT2D eigenvalue weighted by Crippen LogP contribution is -2.47. The predicted molar refractivity (Wildman–Crippen MR) is 69.8 cm³/mol. The summed E-state index contributed by atoms with van der Waals surface area (Å²) in [5, 5.41) is 10.2. The first-order chi connectivity index (χ1) is 8.58. The van der Waals surface area contributed by atoms with E-state index >= 15 is 0 Å². The molecule has 0 spiro atoms. The van der Waals surface area contributed by atoms with Crippen molar-refractivity contribution in [3.05, 3.63) is 35.4 Å². The van der Waals surface area contributed by atoms with Crippen molar-refractivity contribution >= 4 is 11.8 Å². The maximum Gasteiger partial charge on any atom is 0.129 e. The Morgan fingerprint density at radius 3 is 2.94 bits per heavy atom. The molecule has 1 aromatic carbocycles. The Bertz CT molecular complexity index is 416. The summed E-state index contributed by atoms with van der Waals surface area (Å²) in [4.78, 5) is 2.10. The molecular weight excluding hydrogens is 256 g/mol. The second kappa shape index (κ2) is 5.99. The Balaban J connectivity index is 2.03. The fourth-order valence-corrected chi connectivity index (χ4v) is 3.46. The lowest BCUT2D eigenvalue weighted by molar-refractivity contribution is 0.0756. The van der Waals surface area contributed by atoms with Gasteiger partial charge in [0.05, 0.1) is 6.10 Å². The van der Waals surface area contributed by atoms with Gasteiger partial charge in [-0.2, -0.15) is 11.8 Å². The fraction of sp³-hybridized carbons (Fsp3) is 0.538. The number of aliphatic hydroxyl groups excluding tert-OH is 1. The topological polar surface area (TPSA) is 23.5 Å². The summed E-state index contributed by atoms with van der Waals surface area (Å²) in [7, 11) is 1.97. The highest BCUT2D eigenvalue weighted by atomic mass is 32.2. The molecule has 2 atom stereocenters. The van der Waals surface area contributed by atoms with Crippen LogP contribution in [0, 0.1) is 11.6 Å². The lowest BCUT2D eigenvalue weighted by atomic mass is 10.0. The van der Waals surface area contributed by atoms with Gasteiger partial charge >= 0.3 is 0 Å². The van der Waals surface area contributed by atoms with Gasteiger partial charge in [0.1, 0.15) is 11.6 Å². The van der Waals surface area contributed by atoms with Crippen molar-refractivity contribution in [3.63, 3.8) is 0 Å². The molecule has 0 aromatic heterocycles. The molecule has 0 bridgehead atoms. The lowest BCUT2D eigenvalue weighted by Gasteiger charge is -2.35. The molecule has 0 aliphatic carbocycles. The molecule has 2 rings (SSSR count). The number of likely N-dealkylation sites (N-methyl/N-ethyl adjacent to an activating group) is 1. The maximum absolute atomic E-state index is 13.5. The molecule has 1 aliphatic rings. The summed E-state index contributed by atoms with van der Waals surface area (Å²) < 4.78 is 26.3. The molecule has 18 heavy (non-hydrogen) atoms. The molecule has 0 saturated carbocycles. The van der Waals surface area contributed by atoms with Crippen LogP contribution in [0.15, 0.2) is 18.2 Å². The number of aliphatic hydroxyl groups is 1. The summed E-state index contributed by atoms with van der Waals surface area (Å²) in [6.45, 7) is 0.929. The van der Waals surface area contributed by atoms with Gasteiger partial charge in [0.2, 0.25) is 0 Å². The molecule has 1 fully saturated rings. The number of thioether (sulfide) groups is 1. The molecule has 0 amide bonds. The minimum absolute atomic E-state index is 0.0354. The van der Waals surface area contributed by atoms with Crippen LogP contribution in [0.25, 0.3) is 0 Å². The third-order valence-corrected chi connectivity index (χ3v) is 4.38. The highest BCUT2D eigenvalue weighted by molar-refractivity contribution is 7.99. The number of rotatable bonds is 3. The third-order valence-electron chi connectivity index (χ3n) is 3.33. The summed E-state index contributed by atoms with van der Waals surface area (Å²) in [5.41, 5.74) is 0.368. The minimum atomic E-state index is -0.622. The standard InChI is InChI=1S/C13H17F2NOS/c1-16-4-5-18-8-12(16)13(17)6-9-2-3-10(14)7-11(9)15/h2-3,7,12-13,17H,4-6,8H2,1H3. The van der Waals surface area contributed by atoms with Crippen LogP contribution >= 0.6 is 11.8 Å². The van der Waals surface area contributed by atoms with E-state index in [2.05, 4.69) is 4.90 Å². The van der Waals surface area contributed by atoms with E-state index in [1.807, 2.05) is 7.05 Å². The highest BCUT2D eigenvalue weighted by Crippen LogP contribution is 2.20. The molecule has 1 heterocycles. The Hall–Kier alpha value is -0.650. The van der Waals surface area contributed by atoms with Crippen molar-refractivity contribution in [3.8, 4) is 0 Å². The zero-order valence-electron chi connectivity index (χ0n) is 10.3. The summed E-state index contributed by atoms with van der Waals surface area (Å²) in [6, 6.07) is 3.53. The van der Waals surface area contributed by atoms with Crippen LogP contribution in [0.4, 0.5) is 8.78 Å². The number of hydrogen-bond donors (Lipinski definition) is 1. The Labute approximate surface area is 110 Å². The SMILES string of the molecule is CN1CCSCC1C(O)Cc1ccc(F)cc1F. The average molecular weight is 273 g/mol. The van der Waals surface area contributed by atoms with E-state index in [0.717, 1.165) is 24.1 Å². The molecule has 1 aromatic rings. The first-order valence-electron chi connectivity index (χ1n) is 5.98. The van der Waals surface area contributed by atoms with Crippen LogP contribution < -0.4 is 0 Å². The van der Waals surface area contributed by atoms with Crippen molar-refractivity contribution in [1.29, 1.82) is 0 Å². The summed E-state index contributed by atoms with van der Waals surface area (Å²) in [6.07, 6.45) is -0.399. The normalized spacial score (nSPS) is 23.0. The van der Waals surface area contributed by atoms with E-state index in [-0.39, 0.29) is 12.5 Å². The number of benzene rings is 1. The van der Waals surface area contributed by atoms with Gasteiger partial charge in [0.25, 0.3) is 0 Å². The molecule has 2 unspecified atom stereocenters. The van der Waals surface area contributed by atoms with E-state index < -0.39 is 17.7 Å². The van der Waals surface area contributed by atoms with E-state index in [1.54, 1.807) is 11.8 Å². The van der Waals surface area contributed by atoms with Gasteiger partial charge in [-0.05, 0) is 18.7 Å². The van der Waals surface area contributed by atoms with Crippen molar-refractivity contribution in [1.82, 2.24) is 4.90 Å². The highest BCUT2D eigenvalue weighted by Gasteiger charge is 2.27. The van der Waals surface area contributed by atoms with Crippen LogP contribution in [-0.2, 0) is 6.42 Å². The molecule has 2 nitrogen and oxygen atoms in total. The van der Waals surface area contributed by atoms with Crippen molar-refractivity contribution in [2.75, 3.05) is 25.1 Å². The van der Waals surface area contributed by atoms with E-state index in [4.69, 9.17) is 0 Å². The zero-order valence-corrected chi connectivity index (χ0v) is 11.1. The number of hydrogen-bond acceptors (Lipinski definition) is 3. The van der Waals surface area contributed by atoms with Crippen LogP contribution in [0.2, 0.25) is 0 Å². The maximum atomic E-state index is 13.5. The molecule has 100 valence electrons. The molecule has 1 aliphatic heterocycles. The minimum Gasteiger partial charge on any atom is -0.391 e. The molecule has 1 saturated heterocycles. The Morgan fingerprint density at radius 2 is 2.28 bits per heavy atom.